The highest BCUT2D eigenvalue weighted by molar-refractivity contribution is 5.75. The predicted octanol–water partition coefficient (Wildman–Crippen LogP) is 1.31. The second-order valence-corrected chi connectivity index (χ2v) is 3.77. The Bertz CT molecular complexity index is 454. The molecule has 0 saturated carbocycles. The Labute approximate surface area is 106 Å². The zero-order valence-corrected chi connectivity index (χ0v) is 10.3. The summed E-state index contributed by atoms with van der Waals surface area (Å²) in [6, 6.07) is 6.49. The molecule has 0 saturated heterocycles. The van der Waals surface area contributed by atoms with Gasteiger partial charge in [0.15, 0.2) is 0 Å². The lowest BCUT2D eigenvalue weighted by atomic mass is 10.1. The number of nitrogens with one attached hydrogen (secondary N) is 2. The highest BCUT2D eigenvalue weighted by Crippen LogP contribution is 2.11. The smallest absolute Gasteiger partial charge is 0.221 e. The molecule has 0 heterocycles. The number of carbonyl (C=O) groups is 1. The molecule has 96 valence electrons. The highest BCUT2D eigenvalue weighted by atomic mass is 19.1. The van der Waals surface area contributed by atoms with Crippen molar-refractivity contribution in [2.75, 3.05) is 13.1 Å². The Hall–Kier alpha value is -1.93. The molecule has 2 N–H and O–H groups in total. The zero-order chi connectivity index (χ0) is 13.4. The molecule has 5 heteroatoms. The third-order valence-electron chi connectivity index (χ3n) is 2.42. The molecular formula is C13H16FN3O. The van der Waals surface area contributed by atoms with Gasteiger partial charge in [-0.25, -0.2) is 4.39 Å². The van der Waals surface area contributed by atoms with Crippen molar-refractivity contribution in [1.82, 2.24) is 10.6 Å². The van der Waals surface area contributed by atoms with Gasteiger partial charge in [-0.2, -0.15) is 5.26 Å². The topological polar surface area (TPSA) is 64.9 Å². The first kappa shape index (κ1) is 14.1. The van der Waals surface area contributed by atoms with Crippen LogP contribution in [0.4, 0.5) is 4.39 Å². The first-order valence-electron chi connectivity index (χ1n) is 5.84. The molecule has 0 unspecified atom stereocenters. The Balaban J connectivity index is 2.41. The van der Waals surface area contributed by atoms with Crippen LogP contribution < -0.4 is 10.6 Å². The van der Waals surface area contributed by atoms with E-state index in [1.165, 1.54) is 6.07 Å². The minimum Gasteiger partial charge on any atom is -0.356 e. The fourth-order valence-electron chi connectivity index (χ4n) is 1.51. The molecule has 0 aliphatic rings. The van der Waals surface area contributed by atoms with Crippen molar-refractivity contribution in [1.29, 1.82) is 5.26 Å². The fraction of sp³-hybridized carbons (Fsp3) is 0.385. The van der Waals surface area contributed by atoms with E-state index in [1.807, 2.05) is 6.92 Å². The molecule has 1 rings (SSSR count). The summed E-state index contributed by atoms with van der Waals surface area (Å²) in [5.74, 6) is -0.526. The average Bonchev–Trinajstić information content (AvgIpc) is 2.36. The molecule has 0 spiro atoms. The number of nitrogens with zero attached hydrogens (tertiary/aromatic N) is 1. The lowest BCUT2D eigenvalue weighted by molar-refractivity contribution is -0.120. The maximum atomic E-state index is 13.6. The fourth-order valence-corrected chi connectivity index (χ4v) is 1.51. The minimum atomic E-state index is -0.495. The molecule has 1 amide bonds. The van der Waals surface area contributed by atoms with Gasteiger partial charge in [-0.05, 0) is 13.0 Å². The van der Waals surface area contributed by atoms with Gasteiger partial charge in [0.1, 0.15) is 11.9 Å². The molecule has 0 aromatic heterocycles. The summed E-state index contributed by atoms with van der Waals surface area (Å²) in [7, 11) is 0. The summed E-state index contributed by atoms with van der Waals surface area (Å²) >= 11 is 0. The summed E-state index contributed by atoms with van der Waals surface area (Å²) in [6.07, 6.45) is 0.355. The summed E-state index contributed by atoms with van der Waals surface area (Å²) in [5.41, 5.74) is 0.475. The van der Waals surface area contributed by atoms with Crippen molar-refractivity contribution in [2.45, 2.75) is 19.9 Å². The van der Waals surface area contributed by atoms with E-state index in [-0.39, 0.29) is 11.5 Å². The molecule has 18 heavy (non-hydrogen) atoms. The van der Waals surface area contributed by atoms with Gasteiger partial charge in [0.2, 0.25) is 5.91 Å². The van der Waals surface area contributed by atoms with Gasteiger partial charge in [-0.15, -0.1) is 0 Å². The molecule has 1 aromatic carbocycles. The molecule has 0 aliphatic carbocycles. The monoisotopic (exact) mass is 249 g/mol. The number of benzene rings is 1. The van der Waals surface area contributed by atoms with E-state index in [1.54, 1.807) is 18.2 Å². The molecule has 0 bridgehead atoms. The first-order chi connectivity index (χ1) is 8.69. The normalized spacial score (nSPS) is 9.83. The van der Waals surface area contributed by atoms with E-state index < -0.39 is 5.82 Å². The molecule has 0 aliphatic heterocycles. The predicted molar refractivity (Wildman–Crippen MR) is 66.1 cm³/mol. The van der Waals surface area contributed by atoms with Crippen molar-refractivity contribution in [3.8, 4) is 6.07 Å². The second kappa shape index (κ2) is 7.41. The van der Waals surface area contributed by atoms with Gasteiger partial charge in [0, 0.05) is 31.6 Å². The van der Waals surface area contributed by atoms with Gasteiger partial charge in [-0.1, -0.05) is 12.1 Å². The Kier molecular flexibility index (Phi) is 5.81. The number of hydrogen-bond donors (Lipinski definition) is 2. The van der Waals surface area contributed by atoms with Crippen LogP contribution in [0.25, 0.3) is 0 Å². The molecule has 4 nitrogen and oxygen atoms in total. The average molecular weight is 249 g/mol. The third-order valence-corrected chi connectivity index (χ3v) is 2.42. The quantitative estimate of drug-likeness (QED) is 0.747. The second-order valence-electron chi connectivity index (χ2n) is 3.77. The van der Waals surface area contributed by atoms with E-state index in [0.29, 0.717) is 31.6 Å². The third kappa shape index (κ3) is 4.15. The lowest BCUT2D eigenvalue weighted by Crippen LogP contribution is -2.27. The summed E-state index contributed by atoms with van der Waals surface area (Å²) < 4.78 is 13.6. The Morgan fingerprint density at radius 2 is 2.28 bits per heavy atom. The van der Waals surface area contributed by atoms with Crippen molar-refractivity contribution in [3.05, 3.63) is 35.1 Å². The zero-order valence-electron chi connectivity index (χ0n) is 10.3. The van der Waals surface area contributed by atoms with Gasteiger partial charge < -0.3 is 10.6 Å². The largest absolute Gasteiger partial charge is 0.356 e. The Morgan fingerprint density at radius 3 is 2.94 bits per heavy atom. The van der Waals surface area contributed by atoms with Gasteiger partial charge in [0.05, 0.1) is 5.56 Å². The van der Waals surface area contributed by atoms with E-state index in [9.17, 15) is 9.18 Å². The van der Waals surface area contributed by atoms with Crippen LogP contribution in [0.2, 0.25) is 0 Å². The SMILES string of the molecule is CCNC(=O)CCNCc1cccc(C#N)c1F. The van der Waals surface area contributed by atoms with Crippen LogP contribution in [0, 0.1) is 17.1 Å². The van der Waals surface area contributed by atoms with Crippen molar-refractivity contribution in [3.63, 3.8) is 0 Å². The van der Waals surface area contributed by atoms with E-state index in [0.717, 1.165) is 0 Å². The van der Waals surface area contributed by atoms with Gasteiger partial charge in [-0.3, -0.25) is 4.79 Å². The van der Waals surface area contributed by atoms with Gasteiger partial charge >= 0.3 is 0 Å². The van der Waals surface area contributed by atoms with E-state index in [2.05, 4.69) is 10.6 Å². The molecule has 0 radical (unpaired) electrons. The van der Waals surface area contributed by atoms with Crippen LogP contribution in [0.1, 0.15) is 24.5 Å². The van der Waals surface area contributed by atoms with Crippen molar-refractivity contribution >= 4 is 5.91 Å². The standard InChI is InChI=1S/C13H16FN3O/c1-2-17-12(18)6-7-16-9-11-5-3-4-10(8-15)13(11)14/h3-5,16H,2,6-7,9H2,1H3,(H,17,18). The Morgan fingerprint density at radius 1 is 1.50 bits per heavy atom. The van der Waals surface area contributed by atoms with Crippen molar-refractivity contribution < 1.29 is 9.18 Å². The van der Waals surface area contributed by atoms with Crippen LogP contribution >= 0.6 is 0 Å². The molecule has 0 atom stereocenters. The number of rotatable bonds is 6. The maximum Gasteiger partial charge on any atom is 0.221 e. The molecule has 0 fully saturated rings. The van der Waals surface area contributed by atoms with Crippen LogP contribution in [-0.4, -0.2) is 19.0 Å². The highest BCUT2D eigenvalue weighted by Gasteiger charge is 2.07. The summed E-state index contributed by atoms with van der Waals surface area (Å²) in [5, 5.41) is 14.3. The van der Waals surface area contributed by atoms with Crippen LogP contribution in [0.15, 0.2) is 18.2 Å². The summed E-state index contributed by atoms with van der Waals surface area (Å²) in [6.45, 7) is 3.24. The number of carbonyl (C=O) groups excluding carboxylic acids is 1. The molecule has 1 aromatic rings. The number of nitriles is 1. The summed E-state index contributed by atoms with van der Waals surface area (Å²) in [4.78, 5) is 11.2. The minimum absolute atomic E-state index is 0.0313. The first-order valence-corrected chi connectivity index (χ1v) is 5.84. The maximum absolute atomic E-state index is 13.6. The lowest BCUT2D eigenvalue weighted by Gasteiger charge is -2.06. The van der Waals surface area contributed by atoms with Crippen LogP contribution in [-0.2, 0) is 11.3 Å². The van der Waals surface area contributed by atoms with E-state index in [4.69, 9.17) is 5.26 Å². The number of amides is 1. The van der Waals surface area contributed by atoms with Gasteiger partial charge in [0.25, 0.3) is 0 Å². The number of hydrogen-bond acceptors (Lipinski definition) is 3. The van der Waals surface area contributed by atoms with E-state index >= 15 is 0 Å². The van der Waals surface area contributed by atoms with Crippen LogP contribution in [0.5, 0.6) is 0 Å². The van der Waals surface area contributed by atoms with Crippen LogP contribution in [0.3, 0.4) is 0 Å². The van der Waals surface area contributed by atoms with Crippen molar-refractivity contribution in [2.24, 2.45) is 0 Å². The number of halogens is 1. The molecular weight excluding hydrogens is 233 g/mol.